The second kappa shape index (κ2) is 15.2. The van der Waals surface area contributed by atoms with Crippen LogP contribution in [0.3, 0.4) is 0 Å². The van der Waals surface area contributed by atoms with E-state index in [9.17, 15) is 0 Å². The number of rotatable bonds is 6. The standard InChI is InChI=1S/C63H39N5/c1-3-17-40(18-4-1)42-21-15-23-44(37-42)61-64-62(45-33-34-51-49-27-8-7-25-47(49)48-26-9-10-28-50(48)56(51)39-45)66-63(65-61)68-58-32-14-12-30-53(58)55-36-35-54-52-29-11-13-31-57(52)67(59(54)60(55)68)46-24-16-22-43(38-46)41-19-5-2-6-20-41/h1-39H. The quantitative estimate of drug-likeness (QED) is 0.156. The first-order chi connectivity index (χ1) is 33.7. The largest absolute Gasteiger partial charge is 0.307 e. The number of benzene rings is 11. The van der Waals surface area contributed by atoms with Gasteiger partial charge in [0.05, 0.1) is 22.1 Å². The lowest BCUT2D eigenvalue weighted by atomic mass is 9.93. The van der Waals surface area contributed by atoms with Crippen LogP contribution in [0, 0.1) is 0 Å². The molecule has 0 radical (unpaired) electrons. The van der Waals surface area contributed by atoms with E-state index in [4.69, 9.17) is 15.0 Å². The fourth-order valence-electron chi connectivity index (χ4n) is 10.7. The van der Waals surface area contributed by atoms with Crippen LogP contribution >= 0.6 is 0 Å². The van der Waals surface area contributed by atoms with E-state index in [2.05, 4.69) is 246 Å². The van der Waals surface area contributed by atoms with Gasteiger partial charge in [0, 0.05) is 38.4 Å². The van der Waals surface area contributed by atoms with E-state index in [1.54, 1.807) is 0 Å². The molecule has 0 spiro atoms. The van der Waals surface area contributed by atoms with Crippen LogP contribution in [-0.2, 0) is 0 Å². The molecule has 0 saturated heterocycles. The molecule has 0 atom stereocenters. The molecule has 0 aliphatic heterocycles. The molecule has 0 amide bonds. The summed E-state index contributed by atoms with van der Waals surface area (Å²) in [6.07, 6.45) is 0. The zero-order valence-electron chi connectivity index (χ0n) is 36.8. The minimum atomic E-state index is 0.548. The molecule has 14 rings (SSSR count). The smallest absolute Gasteiger partial charge is 0.238 e. The molecule has 14 aromatic rings. The van der Waals surface area contributed by atoms with Crippen molar-refractivity contribution in [3.8, 4) is 56.7 Å². The Morgan fingerprint density at radius 2 is 0.647 bits per heavy atom. The highest BCUT2D eigenvalue weighted by Gasteiger charge is 2.24. The highest BCUT2D eigenvalue weighted by Crippen LogP contribution is 2.43. The van der Waals surface area contributed by atoms with Crippen LogP contribution in [-0.4, -0.2) is 24.1 Å². The summed E-state index contributed by atoms with van der Waals surface area (Å²) in [5.74, 6) is 1.75. The van der Waals surface area contributed by atoms with E-state index < -0.39 is 0 Å². The van der Waals surface area contributed by atoms with E-state index in [0.29, 0.717) is 17.6 Å². The molecule has 3 heterocycles. The van der Waals surface area contributed by atoms with Crippen molar-refractivity contribution < 1.29 is 0 Å². The molecule has 316 valence electrons. The highest BCUT2D eigenvalue weighted by molar-refractivity contribution is 6.26. The van der Waals surface area contributed by atoms with Gasteiger partial charge in [-0.05, 0) is 91.0 Å². The Kier molecular flexibility index (Phi) is 8.52. The number of fused-ring (bicyclic) bond motifs is 13. The maximum Gasteiger partial charge on any atom is 0.238 e. The molecule has 0 fully saturated rings. The molecule has 0 bridgehead atoms. The molecule has 68 heavy (non-hydrogen) atoms. The van der Waals surface area contributed by atoms with Crippen LogP contribution < -0.4 is 0 Å². The molecular weight excluding hydrogens is 827 g/mol. The average molecular weight is 866 g/mol. The molecule has 0 unspecified atom stereocenters. The summed E-state index contributed by atoms with van der Waals surface area (Å²) >= 11 is 0. The van der Waals surface area contributed by atoms with Gasteiger partial charge >= 0.3 is 0 Å². The molecule has 5 heteroatoms. The maximum atomic E-state index is 5.55. The summed E-state index contributed by atoms with van der Waals surface area (Å²) < 4.78 is 4.71. The summed E-state index contributed by atoms with van der Waals surface area (Å²) in [5.41, 5.74) is 11.7. The van der Waals surface area contributed by atoms with Crippen molar-refractivity contribution >= 4 is 75.9 Å². The number of para-hydroxylation sites is 2. The highest BCUT2D eigenvalue weighted by atomic mass is 15.2. The number of aromatic nitrogens is 5. The fourth-order valence-corrected chi connectivity index (χ4v) is 10.7. The first-order valence-corrected chi connectivity index (χ1v) is 23.1. The first-order valence-electron chi connectivity index (χ1n) is 23.1. The summed E-state index contributed by atoms with van der Waals surface area (Å²) in [5, 5.41) is 11.8. The van der Waals surface area contributed by atoms with Gasteiger partial charge in [-0.1, -0.05) is 200 Å². The van der Waals surface area contributed by atoms with E-state index in [1.807, 2.05) is 0 Å². The lowest BCUT2D eigenvalue weighted by Gasteiger charge is -2.15. The molecular formula is C63H39N5. The van der Waals surface area contributed by atoms with Crippen molar-refractivity contribution in [2.75, 3.05) is 0 Å². The van der Waals surface area contributed by atoms with Crippen molar-refractivity contribution in [1.29, 1.82) is 0 Å². The molecule has 0 aliphatic carbocycles. The van der Waals surface area contributed by atoms with Gasteiger partial charge in [0.15, 0.2) is 11.6 Å². The van der Waals surface area contributed by atoms with Crippen molar-refractivity contribution in [1.82, 2.24) is 24.1 Å². The van der Waals surface area contributed by atoms with Gasteiger partial charge in [0.2, 0.25) is 5.95 Å². The topological polar surface area (TPSA) is 48.5 Å². The minimum Gasteiger partial charge on any atom is -0.307 e. The van der Waals surface area contributed by atoms with Gasteiger partial charge in [0.25, 0.3) is 0 Å². The van der Waals surface area contributed by atoms with Gasteiger partial charge < -0.3 is 4.57 Å². The van der Waals surface area contributed by atoms with Crippen LogP contribution in [0.15, 0.2) is 237 Å². The minimum absolute atomic E-state index is 0.548. The normalized spacial score (nSPS) is 11.8. The Morgan fingerprint density at radius 3 is 1.25 bits per heavy atom. The summed E-state index contributed by atoms with van der Waals surface area (Å²) in [7, 11) is 0. The van der Waals surface area contributed by atoms with E-state index in [-0.39, 0.29) is 0 Å². The van der Waals surface area contributed by atoms with Crippen molar-refractivity contribution in [2.24, 2.45) is 0 Å². The predicted molar refractivity (Wildman–Crippen MR) is 283 cm³/mol. The third-order valence-corrected chi connectivity index (χ3v) is 13.7. The van der Waals surface area contributed by atoms with Crippen LogP contribution in [0.2, 0.25) is 0 Å². The Bertz CT molecular complexity index is 4280. The fraction of sp³-hybridized carbons (Fsp3) is 0. The molecule has 11 aromatic carbocycles. The first kappa shape index (κ1) is 38.1. The average Bonchev–Trinajstić information content (AvgIpc) is 3.94. The van der Waals surface area contributed by atoms with Gasteiger partial charge in [-0.25, -0.2) is 4.98 Å². The van der Waals surface area contributed by atoms with Crippen LogP contribution in [0.5, 0.6) is 0 Å². The lowest BCUT2D eigenvalue weighted by Crippen LogP contribution is -2.07. The third kappa shape index (κ3) is 5.93. The summed E-state index contributed by atoms with van der Waals surface area (Å²) in [4.78, 5) is 16.4. The van der Waals surface area contributed by atoms with E-state index in [0.717, 1.165) is 77.1 Å². The molecule has 0 N–H and O–H groups in total. The zero-order chi connectivity index (χ0) is 44.7. The second-order valence-corrected chi connectivity index (χ2v) is 17.6. The van der Waals surface area contributed by atoms with E-state index >= 15 is 0 Å². The van der Waals surface area contributed by atoms with Crippen molar-refractivity contribution in [3.05, 3.63) is 237 Å². The Morgan fingerprint density at radius 1 is 0.235 bits per heavy atom. The lowest BCUT2D eigenvalue weighted by molar-refractivity contribution is 0.953. The second-order valence-electron chi connectivity index (χ2n) is 17.6. The summed E-state index contributed by atoms with van der Waals surface area (Å²) in [6, 6.07) is 84.6. The third-order valence-electron chi connectivity index (χ3n) is 13.7. The molecule has 5 nitrogen and oxygen atoms in total. The van der Waals surface area contributed by atoms with Gasteiger partial charge in [-0.3, -0.25) is 4.57 Å². The zero-order valence-corrected chi connectivity index (χ0v) is 36.8. The molecule has 0 saturated carbocycles. The van der Waals surface area contributed by atoms with Gasteiger partial charge in [-0.15, -0.1) is 0 Å². The van der Waals surface area contributed by atoms with Crippen molar-refractivity contribution in [3.63, 3.8) is 0 Å². The Labute approximate surface area is 391 Å². The van der Waals surface area contributed by atoms with Gasteiger partial charge in [0.1, 0.15) is 0 Å². The van der Waals surface area contributed by atoms with Gasteiger partial charge in [-0.2, -0.15) is 9.97 Å². The SMILES string of the molecule is c1ccc(-c2cccc(-c3nc(-c4ccc5c6ccccc6c6ccccc6c5c4)nc(-n4c5ccccc5c5ccc6c7ccccc7n(-c7cccc(-c8ccccc8)c7)c6c54)n3)c2)cc1. The van der Waals surface area contributed by atoms with E-state index in [1.165, 1.54) is 37.9 Å². The summed E-state index contributed by atoms with van der Waals surface area (Å²) in [6.45, 7) is 0. The van der Waals surface area contributed by atoms with Crippen LogP contribution in [0.25, 0.3) is 133 Å². The number of nitrogens with zero attached hydrogens (tertiary/aromatic N) is 5. The Hall–Kier alpha value is -9.19. The van der Waals surface area contributed by atoms with Crippen LogP contribution in [0.1, 0.15) is 0 Å². The molecule has 0 aliphatic rings. The van der Waals surface area contributed by atoms with Crippen LogP contribution in [0.4, 0.5) is 0 Å². The predicted octanol–water partition coefficient (Wildman–Crippen LogP) is 16.2. The maximum absolute atomic E-state index is 5.55. The van der Waals surface area contributed by atoms with Crippen molar-refractivity contribution in [2.45, 2.75) is 0 Å². The monoisotopic (exact) mass is 865 g/mol. The number of hydrogen-bond acceptors (Lipinski definition) is 3. The molecule has 3 aromatic heterocycles. The Balaban J connectivity index is 1.09. The number of hydrogen-bond donors (Lipinski definition) is 0.